The highest BCUT2D eigenvalue weighted by molar-refractivity contribution is 6.30. The molecular weight excluding hydrogens is 462 g/mol. The first-order valence-corrected chi connectivity index (χ1v) is 12.8. The molecule has 0 unspecified atom stereocenters. The second-order valence-electron chi connectivity index (χ2n) is 9.66. The Morgan fingerprint density at radius 1 is 1.03 bits per heavy atom. The van der Waals surface area contributed by atoms with Gasteiger partial charge in [-0.1, -0.05) is 29.8 Å². The van der Waals surface area contributed by atoms with Crippen LogP contribution >= 0.6 is 11.6 Å². The molecule has 0 N–H and O–H groups in total. The predicted octanol–water partition coefficient (Wildman–Crippen LogP) is 3.73. The molecule has 1 saturated heterocycles. The van der Waals surface area contributed by atoms with Crippen LogP contribution in [-0.4, -0.2) is 78.8 Å². The zero-order chi connectivity index (χ0) is 24.4. The number of likely N-dealkylation sites (N-methyl/N-ethyl adjacent to an activating group) is 1. The first kappa shape index (κ1) is 23.7. The molecule has 0 aliphatic carbocycles. The molecule has 3 aliphatic rings. The fourth-order valence-electron chi connectivity index (χ4n) is 5.31. The molecule has 8 heteroatoms. The second kappa shape index (κ2) is 10.3. The van der Waals surface area contributed by atoms with Crippen LogP contribution in [0.1, 0.15) is 35.2 Å². The summed E-state index contributed by atoms with van der Waals surface area (Å²) in [7, 11) is 2.11. The van der Waals surface area contributed by atoms with Crippen molar-refractivity contribution in [3.63, 3.8) is 0 Å². The van der Waals surface area contributed by atoms with Crippen LogP contribution in [0.3, 0.4) is 0 Å². The smallest absolute Gasteiger partial charge is 0.254 e. The van der Waals surface area contributed by atoms with Crippen molar-refractivity contribution in [2.24, 2.45) is 10.9 Å². The minimum atomic E-state index is -0.154. The highest BCUT2D eigenvalue weighted by atomic mass is 35.5. The number of amides is 2. The third kappa shape index (κ3) is 5.15. The summed E-state index contributed by atoms with van der Waals surface area (Å²) >= 11 is 5.99. The van der Waals surface area contributed by atoms with E-state index in [0.717, 1.165) is 62.7 Å². The molecule has 5 rings (SSSR count). The van der Waals surface area contributed by atoms with Crippen molar-refractivity contribution >= 4 is 35.1 Å². The highest BCUT2D eigenvalue weighted by Crippen LogP contribution is 2.29. The lowest BCUT2D eigenvalue weighted by molar-refractivity contribution is -0.119. The number of rotatable bonds is 4. The van der Waals surface area contributed by atoms with Crippen LogP contribution in [0, 0.1) is 5.92 Å². The Hall–Kier alpha value is -3.06. The normalized spacial score (nSPS) is 19.0. The summed E-state index contributed by atoms with van der Waals surface area (Å²) in [4.78, 5) is 39.4. The Balaban J connectivity index is 1.25. The van der Waals surface area contributed by atoms with Gasteiger partial charge in [-0.25, -0.2) is 0 Å². The van der Waals surface area contributed by atoms with Crippen LogP contribution in [0.4, 0.5) is 5.69 Å². The number of aliphatic imine (C=N–C) groups is 1. The number of halogens is 1. The Morgan fingerprint density at radius 3 is 2.49 bits per heavy atom. The van der Waals surface area contributed by atoms with E-state index < -0.39 is 0 Å². The van der Waals surface area contributed by atoms with Crippen LogP contribution in [0.2, 0.25) is 5.02 Å². The largest absolute Gasteiger partial charge is 0.344 e. The highest BCUT2D eigenvalue weighted by Gasteiger charge is 2.31. The molecule has 3 aliphatic heterocycles. The van der Waals surface area contributed by atoms with E-state index in [1.54, 1.807) is 29.2 Å². The van der Waals surface area contributed by atoms with E-state index >= 15 is 0 Å². The van der Waals surface area contributed by atoms with Crippen molar-refractivity contribution in [2.45, 2.75) is 25.8 Å². The van der Waals surface area contributed by atoms with E-state index in [9.17, 15) is 9.59 Å². The van der Waals surface area contributed by atoms with Crippen LogP contribution in [0.5, 0.6) is 0 Å². The predicted molar refractivity (Wildman–Crippen MR) is 139 cm³/mol. The molecule has 0 saturated carbocycles. The van der Waals surface area contributed by atoms with Gasteiger partial charge in [0.15, 0.2) is 5.96 Å². The molecule has 0 atom stereocenters. The molecule has 0 aromatic heterocycles. The maximum atomic E-state index is 13.4. The van der Waals surface area contributed by atoms with E-state index in [1.165, 1.54) is 0 Å². The Bertz CT molecular complexity index is 1110. The summed E-state index contributed by atoms with van der Waals surface area (Å²) in [5.41, 5.74) is 2.46. The topological polar surface area (TPSA) is 59.5 Å². The molecule has 0 bridgehead atoms. The average molecular weight is 494 g/mol. The van der Waals surface area contributed by atoms with Gasteiger partial charge >= 0.3 is 0 Å². The molecule has 2 aromatic carbocycles. The van der Waals surface area contributed by atoms with Gasteiger partial charge < -0.3 is 19.6 Å². The number of piperidine rings is 1. The van der Waals surface area contributed by atoms with E-state index in [2.05, 4.69) is 21.8 Å². The molecule has 2 aromatic rings. The lowest BCUT2D eigenvalue weighted by Crippen LogP contribution is -2.45. The van der Waals surface area contributed by atoms with Crippen LogP contribution in [0.15, 0.2) is 53.5 Å². The minimum Gasteiger partial charge on any atom is -0.344 e. The van der Waals surface area contributed by atoms with Gasteiger partial charge in [0.1, 0.15) is 6.54 Å². The number of guanidine groups is 1. The number of hydrogen-bond donors (Lipinski definition) is 0. The van der Waals surface area contributed by atoms with Gasteiger partial charge in [-0.2, -0.15) is 0 Å². The molecule has 35 heavy (non-hydrogen) atoms. The third-order valence-corrected chi connectivity index (χ3v) is 7.59. The van der Waals surface area contributed by atoms with Crippen molar-refractivity contribution in [3.8, 4) is 0 Å². The average Bonchev–Trinajstić information content (AvgIpc) is 3.24. The standard InChI is InChI=1S/C27H32ClN5O2/c1-30-17-13-29-27(30)31-14-10-20(11-15-31)12-16-33-24-5-3-2-4-22(24)18-32(19-25(33)34)26(35)21-6-8-23(28)9-7-21/h2-9,20H,10-19H2,1H3. The molecular formula is C27H32ClN5O2. The van der Waals surface area contributed by atoms with Crippen molar-refractivity contribution in [3.05, 3.63) is 64.7 Å². The van der Waals surface area contributed by atoms with E-state index in [0.29, 0.717) is 29.6 Å². The van der Waals surface area contributed by atoms with Gasteiger partial charge in [-0.15, -0.1) is 0 Å². The number of anilines is 1. The summed E-state index contributed by atoms with van der Waals surface area (Å²) < 4.78 is 0. The Labute approximate surface area is 212 Å². The van der Waals surface area contributed by atoms with Crippen molar-refractivity contribution in [1.82, 2.24) is 14.7 Å². The van der Waals surface area contributed by atoms with Crippen LogP contribution in [-0.2, 0) is 11.3 Å². The van der Waals surface area contributed by atoms with Crippen molar-refractivity contribution in [1.29, 1.82) is 0 Å². The molecule has 7 nitrogen and oxygen atoms in total. The molecule has 3 heterocycles. The first-order chi connectivity index (χ1) is 17.0. The van der Waals surface area contributed by atoms with Crippen LogP contribution in [0.25, 0.3) is 0 Å². The summed E-state index contributed by atoms with van der Waals surface area (Å²) in [5, 5.41) is 0.582. The molecule has 2 amide bonds. The quantitative estimate of drug-likeness (QED) is 0.651. The zero-order valence-electron chi connectivity index (χ0n) is 20.2. The van der Waals surface area contributed by atoms with Gasteiger partial charge in [-0.05, 0) is 61.1 Å². The van der Waals surface area contributed by atoms with Gasteiger partial charge in [0.05, 0.1) is 6.54 Å². The number of hydrogen-bond acceptors (Lipinski definition) is 5. The monoisotopic (exact) mass is 493 g/mol. The summed E-state index contributed by atoms with van der Waals surface area (Å²) in [6.07, 6.45) is 3.18. The Kier molecular flexibility index (Phi) is 6.95. The fourth-order valence-corrected chi connectivity index (χ4v) is 5.44. The number of para-hydroxylation sites is 1. The summed E-state index contributed by atoms with van der Waals surface area (Å²) in [5.74, 6) is 1.52. The number of carbonyl (C=O) groups excluding carboxylic acids is 2. The van der Waals surface area contributed by atoms with E-state index in [4.69, 9.17) is 11.6 Å². The van der Waals surface area contributed by atoms with Crippen molar-refractivity contribution in [2.75, 3.05) is 51.2 Å². The second-order valence-corrected chi connectivity index (χ2v) is 10.1. The summed E-state index contributed by atoms with van der Waals surface area (Å²) in [6, 6.07) is 14.8. The lowest BCUT2D eigenvalue weighted by Gasteiger charge is -2.36. The number of fused-ring (bicyclic) bond motifs is 1. The van der Waals surface area contributed by atoms with Crippen LogP contribution < -0.4 is 4.90 Å². The lowest BCUT2D eigenvalue weighted by atomic mass is 9.93. The zero-order valence-corrected chi connectivity index (χ0v) is 21.0. The van der Waals surface area contributed by atoms with Gasteiger partial charge in [0.2, 0.25) is 5.91 Å². The fraction of sp³-hybridized carbons (Fsp3) is 0.444. The maximum Gasteiger partial charge on any atom is 0.254 e. The van der Waals surface area contributed by atoms with Gasteiger partial charge in [-0.3, -0.25) is 14.6 Å². The molecule has 1 fully saturated rings. The number of carbonyl (C=O) groups is 2. The number of nitrogens with zero attached hydrogens (tertiary/aromatic N) is 5. The summed E-state index contributed by atoms with van der Waals surface area (Å²) in [6.45, 7) is 5.07. The SMILES string of the molecule is CN1CCN=C1N1CCC(CCN2C(=O)CN(C(=O)c3ccc(Cl)cc3)Cc3ccccc32)CC1. The van der Waals surface area contributed by atoms with E-state index in [1.807, 2.05) is 29.2 Å². The third-order valence-electron chi connectivity index (χ3n) is 7.34. The minimum absolute atomic E-state index is 0.0309. The molecule has 0 radical (unpaired) electrons. The molecule has 184 valence electrons. The molecule has 0 spiro atoms. The van der Waals surface area contributed by atoms with E-state index in [-0.39, 0.29) is 18.4 Å². The van der Waals surface area contributed by atoms with Crippen molar-refractivity contribution < 1.29 is 9.59 Å². The Morgan fingerprint density at radius 2 is 1.77 bits per heavy atom. The number of likely N-dealkylation sites (tertiary alicyclic amines) is 1. The first-order valence-electron chi connectivity index (χ1n) is 12.4. The number of benzene rings is 2. The van der Waals surface area contributed by atoms with Gasteiger partial charge in [0.25, 0.3) is 5.91 Å². The van der Waals surface area contributed by atoms with Gasteiger partial charge in [0, 0.05) is 56.0 Å². The maximum absolute atomic E-state index is 13.4.